The Bertz CT molecular complexity index is 1060. The van der Waals surface area contributed by atoms with Crippen LogP contribution in [-0.2, 0) is 0 Å². The van der Waals surface area contributed by atoms with E-state index in [1.807, 2.05) is 41.1 Å². The molecule has 122 valence electrons. The SMILES string of the molecule is COc1cc(O)c2c[n+]3ccc4cc(OC)ccc4c3cc2c1.[Br-]. The van der Waals surface area contributed by atoms with Gasteiger partial charge in [-0.3, -0.25) is 0 Å². The minimum atomic E-state index is 0. The Hall–Kier alpha value is -2.53. The zero-order chi connectivity index (χ0) is 16.0. The Balaban J connectivity index is 0.00000169. The number of hydrogen-bond donors (Lipinski definition) is 1. The van der Waals surface area contributed by atoms with Crippen LogP contribution in [-0.4, -0.2) is 19.3 Å². The van der Waals surface area contributed by atoms with Crippen LogP contribution >= 0.6 is 0 Å². The Morgan fingerprint density at radius 1 is 0.833 bits per heavy atom. The van der Waals surface area contributed by atoms with Crippen LogP contribution in [0.3, 0.4) is 0 Å². The average Bonchev–Trinajstić information content (AvgIpc) is 2.59. The van der Waals surface area contributed by atoms with E-state index in [9.17, 15) is 5.11 Å². The Kier molecular flexibility index (Phi) is 4.20. The van der Waals surface area contributed by atoms with Gasteiger partial charge in [0, 0.05) is 23.6 Å². The number of hydrogen-bond acceptors (Lipinski definition) is 3. The van der Waals surface area contributed by atoms with Gasteiger partial charge in [-0.15, -0.1) is 0 Å². The monoisotopic (exact) mass is 385 g/mol. The van der Waals surface area contributed by atoms with E-state index in [4.69, 9.17) is 9.47 Å². The molecule has 0 bridgehead atoms. The molecule has 24 heavy (non-hydrogen) atoms. The third-order valence-electron chi connectivity index (χ3n) is 4.19. The second kappa shape index (κ2) is 6.17. The molecule has 4 aromatic rings. The maximum Gasteiger partial charge on any atom is 0.219 e. The van der Waals surface area contributed by atoms with Crippen molar-refractivity contribution in [2.75, 3.05) is 14.2 Å². The summed E-state index contributed by atoms with van der Waals surface area (Å²) in [6.45, 7) is 0. The molecule has 0 aliphatic carbocycles. The summed E-state index contributed by atoms with van der Waals surface area (Å²) in [5, 5.41) is 14.2. The molecule has 0 aliphatic heterocycles. The Morgan fingerprint density at radius 3 is 2.33 bits per heavy atom. The highest BCUT2D eigenvalue weighted by Crippen LogP contribution is 2.31. The van der Waals surface area contributed by atoms with E-state index < -0.39 is 0 Å². The summed E-state index contributed by atoms with van der Waals surface area (Å²) in [6.07, 6.45) is 3.92. The minimum Gasteiger partial charge on any atom is -1.00 e. The summed E-state index contributed by atoms with van der Waals surface area (Å²) in [7, 11) is 3.26. The lowest BCUT2D eigenvalue weighted by Gasteiger charge is -2.06. The normalized spacial score (nSPS) is 10.8. The fourth-order valence-electron chi connectivity index (χ4n) is 2.98. The largest absolute Gasteiger partial charge is 1.00 e. The first-order chi connectivity index (χ1) is 11.2. The molecule has 0 radical (unpaired) electrons. The number of nitrogens with zero attached hydrogens (tertiary/aromatic N) is 1. The highest BCUT2D eigenvalue weighted by atomic mass is 79.9. The van der Waals surface area contributed by atoms with E-state index in [1.165, 1.54) is 0 Å². The van der Waals surface area contributed by atoms with Crippen molar-refractivity contribution in [3.05, 3.63) is 54.9 Å². The lowest BCUT2D eigenvalue weighted by Crippen LogP contribution is -3.00. The van der Waals surface area contributed by atoms with Crippen LogP contribution in [0.1, 0.15) is 0 Å². The van der Waals surface area contributed by atoms with Gasteiger partial charge >= 0.3 is 0 Å². The smallest absolute Gasteiger partial charge is 0.219 e. The van der Waals surface area contributed by atoms with E-state index in [-0.39, 0.29) is 22.7 Å². The molecule has 1 N–H and O–H groups in total. The van der Waals surface area contributed by atoms with Crippen molar-refractivity contribution in [1.82, 2.24) is 0 Å². The van der Waals surface area contributed by atoms with Gasteiger partial charge in [-0.05, 0) is 29.7 Å². The number of benzene rings is 2. The molecular formula is C19H16BrNO3. The van der Waals surface area contributed by atoms with Gasteiger partial charge in [-0.25, -0.2) is 0 Å². The molecule has 0 saturated heterocycles. The highest BCUT2D eigenvalue weighted by molar-refractivity contribution is 5.99. The summed E-state index contributed by atoms with van der Waals surface area (Å²) in [4.78, 5) is 0. The summed E-state index contributed by atoms with van der Waals surface area (Å²) < 4.78 is 12.6. The fourth-order valence-corrected chi connectivity index (χ4v) is 2.98. The first-order valence-corrected chi connectivity index (χ1v) is 7.32. The van der Waals surface area contributed by atoms with E-state index in [2.05, 4.69) is 12.1 Å². The third kappa shape index (κ3) is 2.51. The molecule has 2 heterocycles. The van der Waals surface area contributed by atoms with Gasteiger partial charge in [0.1, 0.15) is 17.2 Å². The number of aromatic hydroxyl groups is 1. The number of phenols is 1. The van der Waals surface area contributed by atoms with Crippen LogP contribution in [0.4, 0.5) is 0 Å². The molecule has 4 nitrogen and oxygen atoms in total. The van der Waals surface area contributed by atoms with E-state index in [1.54, 1.807) is 20.3 Å². The van der Waals surface area contributed by atoms with Crippen molar-refractivity contribution in [3.63, 3.8) is 0 Å². The van der Waals surface area contributed by atoms with Crippen LogP contribution in [0.15, 0.2) is 54.9 Å². The second-order valence-corrected chi connectivity index (χ2v) is 5.48. The molecule has 2 aromatic carbocycles. The second-order valence-electron chi connectivity index (χ2n) is 5.48. The molecule has 5 heteroatoms. The molecule has 0 atom stereocenters. The van der Waals surface area contributed by atoms with Crippen molar-refractivity contribution in [2.24, 2.45) is 0 Å². The number of fused-ring (bicyclic) bond motifs is 4. The van der Waals surface area contributed by atoms with Gasteiger partial charge in [0.15, 0.2) is 12.4 Å². The van der Waals surface area contributed by atoms with Crippen molar-refractivity contribution < 1.29 is 36.0 Å². The first-order valence-electron chi connectivity index (χ1n) is 7.32. The molecule has 0 saturated carbocycles. The van der Waals surface area contributed by atoms with Crippen molar-refractivity contribution in [1.29, 1.82) is 0 Å². The van der Waals surface area contributed by atoms with Gasteiger partial charge in [0.05, 0.1) is 25.0 Å². The lowest BCUT2D eigenvalue weighted by atomic mass is 10.1. The number of halogens is 1. The van der Waals surface area contributed by atoms with Crippen LogP contribution in [0.2, 0.25) is 0 Å². The number of pyridine rings is 2. The first kappa shape index (κ1) is 16.3. The molecular weight excluding hydrogens is 370 g/mol. The highest BCUT2D eigenvalue weighted by Gasteiger charge is 2.13. The molecule has 0 amide bonds. The molecule has 2 aromatic heterocycles. The van der Waals surface area contributed by atoms with Gasteiger partial charge in [-0.2, -0.15) is 4.40 Å². The summed E-state index contributed by atoms with van der Waals surface area (Å²) in [5.74, 6) is 1.69. The minimum absolute atomic E-state index is 0. The lowest BCUT2D eigenvalue weighted by molar-refractivity contribution is -0.509. The number of phenolic OH excluding ortho intramolecular Hbond substituents is 1. The van der Waals surface area contributed by atoms with Gasteiger partial charge in [0.25, 0.3) is 0 Å². The third-order valence-corrected chi connectivity index (χ3v) is 4.19. The number of rotatable bonds is 2. The predicted octanol–water partition coefficient (Wildman–Crippen LogP) is 0.458. The van der Waals surface area contributed by atoms with E-state index in [0.29, 0.717) is 5.75 Å². The quantitative estimate of drug-likeness (QED) is 0.309. The predicted molar refractivity (Wildman–Crippen MR) is 89.4 cm³/mol. The molecule has 0 spiro atoms. The Labute approximate surface area is 149 Å². The van der Waals surface area contributed by atoms with Crippen molar-refractivity contribution in [2.45, 2.75) is 0 Å². The average molecular weight is 386 g/mol. The fraction of sp³-hybridized carbons (Fsp3) is 0.105. The van der Waals surface area contributed by atoms with Crippen LogP contribution in [0, 0.1) is 0 Å². The maximum atomic E-state index is 10.2. The zero-order valence-electron chi connectivity index (χ0n) is 13.3. The Morgan fingerprint density at radius 2 is 1.58 bits per heavy atom. The topological polar surface area (TPSA) is 42.8 Å². The van der Waals surface area contributed by atoms with Gasteiger partial charge < -0.3 is 31.6 Å². The van der Waals surface area contributed by atoms with Gasteiger partial charge in [0.2, 0.25) is 5.52 Å². The summed E-state index contributed by atoms with van der Waals surface area (Å²) in [5.41, 5.74) is 1.06. The summed E-state index contributed by atoms with van der Waals surface area (Å²) >= 11 is 0. The molecule has 0 aliphatic rings. The van der Waals surface area contributed by atoms with Crippen LogP contribution in [0.25, 0.3) is 27.1 Å². The number of aromatic nitrogens is 1. The zero-order valence-corrected chi connectivity index (χ0v) is 14.9. The van der Waals surface area contributed by atoms with Crippen molar-refractivity contribution >= 4 is 27.1 Å². The van der Waals surface area contributed by atoms with E-state index in [0.717, 1.165) is 32.8 Å². The molecule has 0 fully saturated rings. The molecule has 0 unspecified atom stereocenters. The van der Waals surface area contributed by atoms with Gasteiger partial charge in [-0.1, -0.05) is 0 Å². The van der Waals surface area contributed by atoms with Crippen molar-refractivity contribution in [3.8, 4) is 17.2 Å². The molecule has 4 rings (SSSR count). The maximum absolute atomic E-state index is 10.2. The van der Waals surface area contributed by atoms with Crippen LogP contribution in [0.5, 0.6) is 17.2 Å². The summed E-state index contributed by atoms with van der Waals surface area (Å²) in [6, 6.07) is 13.7. The number of methoxy groups -OCH3 is 2. The van der Waals surface area contributed by atoms with E-state index >= 15 is 0 Å². The standard InChI is InChI=1S/C19H15NO3.BrH/c1-22-14-3-4-16-12(7-14)5-6-20-11-17-13(9-18(16)20)8-15(23-2)10-19(17)21;/h3-11H,1-2H3;1H. The van der Waals surface area contributed by atoms with Crippen LogP contribution < -0.4 is 30.9 Å². The number of ether oxygens (including phenoxy) is 2.